The van der Waals surface area contributed by atoms with Crippen LogP contribution in [0, 0.1) is 0 Å². The standard InChI is InChI=1S/C21H17NO2/c23-19-13-11-18(12-14-19)22-21(24)20(17-9-5-2-6-10-17)15-16-7-3-1-4-8-16/h1-15,23H,(H,22,24)/b20-15+. The van der Waals surface area contributed by atoms with Crippen molar-refractivity contribution >= 4 is 23.2 Å². The topological polar surface area (TPSA) is 49.3 Å². The number of nitrogens with one attached hydrogen (secondary N) is 1. The molecular weight excluding hydrogens is 298 g/mol. The summed E-state index contributed by atoms with van der Waals surface area (Å²) in [7, 11) is 0. The summed E-state index contributed by atoms with van der Waals surface area (Å²) in [6.45, 7) is 0. The average Bonchev–Trinajstić information content (AvgIpc) is 2.63. The molecule has 0 spiro atoms. The van der Waals surface area contributed by atoms with E-state index in [1.807, 2.05) is 66.7 Å². The molecule has 3 heteroatoms. The molecular formula is C21H17NO2. The summed E-state index contributed by atoms with van der Waals surface area (Å²) < 4.78 is 0. The average molecular weight is 315 g/mol. The molecule has 0 saturated heterocycles. The highest BCUT2D eigenvalue weighted by molar-refractivity contribution is 6.29. The molecule has 3 aromatic carbocycles. The lowest BCUT2D eigenvalue weighted by atomic mass is 10.0. The minimum absolute atomic E-state index is 0.163. The summed E-state index contributed by atoms with van der Waals surface area (Å²) in [5.41, 5.74) is 3.01. The first-order chi connectivity index (χ1) is 11.7. The van der Waals surface area contributed by atoms with Crippen LogP contribution in [0.1, 0.15) is 11.1 Å². The molecule has 0 radical (unpaired) electrons. The van der Waals surface area contributed by atoms with Gasteiger partial charge in [-0.2, -0.15) is 0 Å². The zero-order valence-electron chi connectivity index (χ0n) is 13.0. The van der Waals surface area contributed by atoms with Gasteiger partial charge < -0.3 is 10.4 Å². The highest BCUT2D eigenvalue weighted by Crippen LogP contribution is 2.21. The van der Waals surface area contributed by atoms with Crippen LogP contribution in [-0.2, 0) is 4.79 Å². The van der Waals surface area contributed by atoms with Crippen LogP contribution in [0.5, 0.6) is 5.75 Å². The van der Waals surface area contributed by atoms with Gasteiger partial charge in [0.2, 0.25) is 0 Å². The van der Waals surface area contributed by atoms with Crippen molar-refractivity contribution in [2.75, 3.05) is 5.32 Å². The Morgan fingerprint density at radius 2 is 1.38 bits per heavy atom. The number of carbonyl (C=O) groups excluding carboxylic acids is 1. The molecule has 0 heterocycles. The second-order valence-electron chi connectivity index (χ2n) is 5.34. The molecule has 0 saturated carbocycles. The van der Waals surface area contributed by atoms with E-state index >= 15 is 0 Å². The highest BCUT2D eigenvalue weighted by Gasteiger charge is 2.12. The fourth-order valence-corrected chi connectivity index (χ4v) is 2.36. The van der Waals surface area contributed by atoms with E-state index in [1.165, 1.54) is 0 Å². The lowest BCUT2D eigenvalue weighted by Gasteiger charge is -2.10. The molecule has 0 aliphatic rings. The summed E-state index contributed by atoms with van der Waals surface area (Å²) in [5.74, 6) is -0.0353. The molecule has 3 rings (SSSR count). The lowest BCUT2D eigenvalue weighted by molar-refractivity contribution is -0.111. The molecule has 1 amide bonds. The van der Waals surface area contributed by atoms with Crippen LogP contribution < -0.4 is 5.32 Å². The normalized spacial score (nSPS) is 11.1. The monoisotopic (exact) mass is 315 g/mol. The number of amides is 1. The molecule has 118 valence electrons. The Hall–Kier alpha value is -3.33. The maximum Gasteiger partial charge on any atom is 0.256 e. The van der Waals surface area contributed by atoms with Crippen molar-refractivity contribution in [3.05, 3.63) is 96.1 Å². The van der Waals surface area contributed by atoms with Crippen LogP contribution in [0.15, 0.2) is 84.9 Å². The van der Waals surface area contributed by atoms with Gasteiger partial charge in [-0.05, 0) is 41.5 Å². The van der Waals surface area contributed by atoms with Gasteiger partial charge in [-0.15, -0.1) is 0 Å². The Kier molecular flexibility index (Phi) is 4.73. The van der Waals surface area contributed by atoms with E-state index in [0.717, 1.165) is 11.1 Å². The van der Waals surface area contributed by atoms with Crippen molar-refractivity contribution in [2.24, 2.45) is 0 Å². The maximum atomic E-state index is 12.8. The predicted octanol–water partition coefficient (Wildman–Crippen LogP) is 4.57. The smallest absolute Gasteiger partial charge is 0.256 e. The zero-order valence-corrected chi connectivity index (χ0v) is 13.0. The minimum atomic E-state index is -0.198. The molecule has 0 aromatic heterocycles. The highest BCUT2D eigenvalue weighted by atomic mass is 16.3. The van der Waals surface area contributed by atoms with Gasteiger partial charge in [0.15, 0.2) is 0 Å². The number of aromatic hydroxyl groups is 1. The number of hydrogen-bond donors (Lipinski definition) is 2. The number of carbonyl (C=O) groups is 1. The Bertz CT molecular complexity index is 838. The number of anilines is 1. The van der Waals surface area contributed by atoms with Crippen molar-refractivity contribution in [1.29, 1.82) is 0 Å². The van der Waals surface area contributed by atoms with Crippen LogP contribution in [0.4, 0.5) is 5.69 Å². The van der Waals surface area contributed by atoms with E-state index in [9.17, 15) is 9.90 Å². The van der Waals surface area contributed by atoms with Crippen molar-refractivity contribution < 1.29 is 9.90 Å². The van der Waals surface area contributed by atoms with E-state index in [-0.39, 0.29) is 11.7 Å². The number of hydrogen-bond acceptors (Lipinski definition) is 2. The molecule has 0 unspecified atom stereocenters. The first kappa shape index (κ1) is 15.6. The predicted molar refractivity (Wildman–Crippen MR) is 97.5 cm³/mol. The molecule has 0 bridgehead atoms. The largest absolute Gasteiger partial charge is 0.508 e. The molecule has 3 nitrogen and oxygen atoms in total. The molecule has 0 aliphatic heterocycles. The number of phenolic OH excluding ortho intramolecular Hbond substituents is 1. The van der Waals surface area contributed by atoms with Crippen LogP contribution >= 0.6 is 0 Å². The third-order valence-corrected chi connectivity index (χ3v) is 3.57. The van der Waals surface area contributed by atoms with Gasteiger partial charge in [-0.25, -0.2) is 0 Å². The van der Waals surface area contributed by atoms with E-state index in [4.69, 9.17) is 0 Å². The van der Waals surface area contributed by atoms with Crippen molar-refractivity contribution in [3.8, 4) is 5.75 Å². The third kappa shape index (κ3) is 3.90. The first-order valence-electron chi connectivity index (χ1n) is 7.65. The summed E-state index contributed by atoms with van der Waals surface area (Å²) in [6, 6.07) is 25.7. The lowest BCUT2D eigenvalue weighted by Crippen LogP contribution is -2.13. The van der Waals surface area contributed by atoms with Gasteiger partial charge in [-0.1, -0.05) is 60.7 Å². The van der Waals surface area contributed by atoms with Crippen molar-refractivity contribution in [3.63, 3.8) is 0 Å². The van der Waals surface area contributed by atoms with Gasteiger partial charge in [-0.3, -0.25) is 4.79 Å². The second kappa shape index (κ2) is 7.29. The SMILES string of the molecule is O=C(Nc1ccc(O)cc1)/C(=C/c1ccccc1)c1ccccc1. The van der Waals surface area contributed by atoms with E-state index in [0.29, 0.717) is 11.3 Å². The van der Waals surface area contributed by atoms with Gasteiger partial charge >= 0.3 is 0 Å². The third-order valence-electron chi connectivity index (χ3n) is 3.57. The van der Waals surface area contributed by atoms with E-state index in [2.05, 4.69) is 5.32 Å². The summed E-state index contributed by atoms with van der Waals surface area (Å²) >= 11 is 0. The van der Waals surface area contributed by atoms with Gasteiger partial charge in [0.05, 0.1) is 0 Å². The van der Waals surface area contributed by atoms with Gasteiger partial charge in [0, 0.05) is 11.3 Å². The second-order valence-corrected chi connectivity index (χ2v) is 5.34. The number of benzene rings is 3. The van der Waals surface area contributed by atoms with Gasteiger partial charge in [0.25, 0.3) is 5.91 Å². The molecule has 0 fully saturated rings. The summed E-state index contributed by atoms with van der Waals surface area (Å²) in [4.78, 5) is 12.8. The Balaban J connectivity index is 1.94. The summed E-state index contributed by atoms with van der Waals surface area (Å²) in [6.07, 6.45) is 1.87. The minimum Gasteiger partial charge on any atom is -0.508 e. The molecule has 0 aliphatic carbocycles. The fraction of sp³-hybridized carbons (Fsp3) is 0. The maximum absolute atomic E-state index is 12.8. The molecule has 24 heavy (non-hydrogen) atoms. The molecule has 2 N–H and O–H groups in total. The van der Waals surface area contributed by atoms with Gasteiger partial charge in [0.1, 0.15) is 5.75 Å². The summed E-state index contributed by atoms with van der Waals surface area (Å²) in [5, 5.41) is 12.2. The fourth-order valence-electron chi connectivity index (χ4n) is 2.36. The number of rotatable bonds is 4. The van der Waals surface area contributed by atoms with Crippen LogP contribution in [0.2, 0.25) is 0 Å². The first-order valence-corrected chi connectivity index (χ1v) is 7.65. The quantitative estimate of drug-likeness (QED) is 0.421. The molecule has 3 aromatic rings. The zero-order chi connectivity index (χ0) is 16.8. The van der Waals surface area contributed by atoms with E-state index in [1.54, 1.807) is 24.3 Å². The van der Waals surface area contributed by atoms with Crippen LogP contribution in [0.3, 0.4) is 0 Å². The van der Waals surface area contributed by atoms with Crippen LogP contribution in [0.25, 0.3) is 11.6 Å². The van der Waals surface area contributed by atoms with Crippen molar-refractivity contribution in [2.45, 2.75) is 0 Å². The Labute approximate surface area is 140 Å². The Morgan fingerprint density at radius 1 is 0.792 bits per heavy atom. The Morgan fingerprint density at radius 3 is 2.00 bits per heavy atom. The van der Waals surface area contributed by atoms with Crippen molar-refractivity contribution in [1.82, 2.24) is 0 Å². The van der Waals surface area contributed by atoms with E-state index < -0.39 is 0 Å². The number of phenols is 1. The van der Waals surface area contributed by atoms with Crippen LogP contribution in [-0.4, -0.2) is 11.0 Å². The molecule has 0 atom stereocenters.